The molecule has 3 rings (SSSR count). The first-order valence-corrected chi connectivity index (χ1v) is 8.54. The largest absolute Gasteiger partial charge is 0.573 e. The van der Waals surface area contributed by atoms with Gasteiger partial charge in [0, 0.05) is 38.4 Å². The van der Waals surface area contributed by atoms with Crippen molar-refractivity contribution in [3.63, 3.8) is 0 Å². The second kappa shape index (κ2) is 7.41. The Kier molecular flexibility index (Phi) is 5.24. The van der Waals surface area contributed by atoms with Crippen molar-refractivity contribution in [2.45, 2.75) is 25.6 Å². The highest BCUT2D eigenvalue weighted by atomic mass is 19.4. The molecule has 0 saturated carbocycles. The molecule has 5 nitrogen and oxygen atoms in total. The van der Waals surface area contributed by atoms with Crippen molar-refractivity contribution in [2.24, 2.45) is 5.92 Å². The molecule has 2 fully saturated rings. The molecule has 2 heterocycles. The van der Waals surface area contributed by atoms with Crippen LogP contribution in [0.25, 0.3) is 0 Å². The molecule has 0 radical (unpaired) electrons. The maximum absolute atomic E-state index is 12.2. The number of amides is 2. The first kappa shape index (κ1) is 17.7. The average molecular weight is 357 g/mol. The minimum absolute atomic E-state index is 0.00426. The van der Waals surface area contributed by atoms with Crippen molar-refractivity contribution < 1.29 is 22.7 Å². The van der Waals surface area contributed by atoms with E-state index in [0.29, 0.717) is 12.5 Å². The predicted octanol–water partition coefficient (Wildman–Crippen LogP) is 3.22. The third kappa shape index (κ3) is 4.93. The van der Waals surface area contributed by atoms with E-state index in [0.717, 1.165) is 51.1 Å². The molecular formula is C17H22F3N3O2. The predicted molar refractivity (Wildman–Crippen MR) is 87.7 cm³/mol. The summed E-state index contributed by atoms with van der Waals surface area (Å²) in [5.74, 6) is 0.127. The van der Waals surface area contributed by atoms with E-state index in [-0.39, 0.29) is 11.8 Å². The zero-order valence-electron chi connectivity index (χ0n) is 13.9. The van der Waals surface area contributed by atoms with E-state index in [1.165, 1.54) is 12.1 Å². The first-order valence-electron chi connectivity index (χ1n) is 8.54. The van der Waals surface area contributed by atoms with Crippen LogP contribution in [0.3, 0.4) is 0 Å². The number of carbonyl (C=O) groups excluding carboxylic acids is 1. The normalized spacial score (nSPS) is 20.8. The zero-order chi connectivity index (χ0) is 17.9. The van der Waals surface area contributed by atoms with Gasteiger partial charge in [-0.1, -0.05) is 0 Å². The lowest BCUT2D eigenvalue weighted by Crippen LogP contribution is -2.40. The number of carbonyl (C=O) groups is 1. The number of benzene rings is 1. The molecule has 0 unspecified atom stereocenters. The first-order chi connectivity index (χ1) is 11.9. The van der Waals surface area contributed by atoms with Gasteiger partial charge in [-0.2, -0.15) is 0 Å². The number of rotatable bonds is 4. The maximum atomic E-state index is 12.2. The molecule has 1 atom stereocenters. The number of urea groups is 1. The van der Waals surface area contributed by atoms with Gasteiger partial charge in [0.25, 0.3) is 0 Å². The number of hydrogen-bond donors (Lipinski definition) is 1. The quantitative estimate of drug-likeness (QED) is 0.900. The van der Waals surface area contributed by atoms with Gasteiger partial charge in [-0.25, -0.2) is 4.79 Å². The van der Waals surface area contributed by atoms with Gasteiger partial charge in [-0.15, -0.1) is 13.2 Å². The van der Waals surface area contributed by atoms with Crippen molar-refractivity contribution in [1.29, 1.82) is 0 Å². The Bertz CT molecular complexity index is 586. The molecule has 8 heteroatoms. The molecule has 1 aromatic rings. The Balaban J connectivity index is 1.46. The van der Waals surface area contributed by atoms with Crippen molar-refractivity contribution in [1.82, 2.24) is 10.2 Å². The smallest absolute Gasteiger partial charge is 0.406 e. The van der Waals surface area contributed by atoms with Crippen LogP contribution in [0, 0.1) is 5.92 Å². The van der Waals surface area contributed by atoms with Crippen LogP contribution in [0.5, 0.6) is 5.75 Å². The Morgan fingerprint density at radius 2 is 1.84 bits per heavy atom. The summed E-state index contributed by atoms with van der Waals surface area (Å²) in [5.41, 5.74) is 0.864. The summed E-state index contributed by atoms with van der Waals surface area (Å²) in [6, 6.07) is 5.92. The summed E-state index contributed by atoms with van der Waals surface area (Å²) in [7, 11) is 0. The van der Waals surface area contributed by atoms with E-state index in [4.69, 9.17) is 0 Å². The number of nitrogens with one attached hydrogen (secondary N) is 1. The number of likely N-dealkylation sites (tertiary alicyclic amines) is 1. The molecule has 2 saturated heterocycles. The van der Waals surface area contributed by atoms with Crippen molar-refractivity contribution in [2.75, 3.05) is 37.6 Å². The second-order valence-electron chi connectivity index (χ2n) is 6.52. The highest BCUT2D eigenvalue weighted by Crippen LogP contribution is 2.28. The molecule has 25 heavy (non-hydrogen) atoms. The van der Waals surface area contributed by atoms with E-state index in [9.17, 15) is 18.0 Å². The topological polar surface area (TPSA) is 44.8 Å². The molecular weight excluding hydrogens is 335 g/mol. The van der Waals surface area contributed by atoms with Gasteiger partial charge in [0.2, 0.25) is 0 Å². The number of halogens is 3. The average Bonchev–Trinajstić information content (AvgIpc) is 3.24. The van der Waals surface area contributed by atoms with Crippen LogP contribution in [0.1, 0.15) is 19.3 Å². The van der Waals surface area contributed by atoms with E-state index in [2.05, 4.69) is 15.0 Å². The van der Waals surface area contributed by atoms with Crippen LogP contribution < -0.4 is 15.0 Å². The lowest BCUT2D eigenvalue weighted by molar-refractivity contribution is -0.274. The van der Waals surface area contributed by atoms with Gasteiger partial charge in [0.15, 0.2) is 0 Å². The number of alkyl halides is 3. The van der Waals surface area contributed by atoms with Crippen molar-refractivity contribution in [3.8, 4) is 5.75 Å². The van der Waals surface area contributed by atoms with Crippen LogP contribution in [-0.2, 0) is 0 Å². The van der Waals surface area contributed by atoms with Gasteiger partial charge >= 0.3 is 12.4 Å². The third-order valence-electron chi connectivity index (χ3n) is 4.66. The molecule has 2 aliphatic rings. The highest BCUT2D eigenvalue weighted by Gasteiger charge is 2.31. The van der Waals surface area contributed by atoms with Crippen LogP contribution in [0.2, 0.25) is 0 Å². The lowest BCUT2D eigenvalue weighted by Gasteiger charge is -2.20. The van der Waals surface area contributed by atoms with E-state index in [1.807, 2.05) is 4.90 Å². The van der Waals surface area contributed by atoms with Gasteiger partial charge in [-0.3, -0.25) is 0 Å². The Morgan fingerprint density at radius 3 is 2.48 bits per heavy atom. The van der Waals surface area contributed by atoms with Crippen molar-refractivity contribution >= 4 is 11.7 Å². The summed E-state index contributed by atoms with van der Waals surface area (Å²) in [4.78, 5) is 16.0. The van der Waals surface area contributed by atoms with Gasteiger partial charge in [-0.05, 0) is 49.4 Å². The molecule has 0 aromatic heterocycles. The van der Waals surface area contributed by atoms with Gasteiger partial charge in [0.1, 0.15) is 5.75 Å². The number of hydrogen-bond acceptors (Lipinski definition) is 3. The molecule has 0 spiro atoms. The van der Waals surface area contributed by atoms with Crippen molar-refractivity contribution in [3.05, 3.63) is 24.3 Å². The van der Waals surface area contributed by atoms with E-state index < -0.39 is 6.36 Å². The summed E-state index contributed by atoms with van der Waals surface area (Å²) in [6.07, 6.45) is -1.59. The standard InChI is InChI=1S/C17H22F3N3O2/c18-17(19,20)25-15-5-3-14(4-6-15)23-10-7-13(12-23)11-21-16(24)22-8-1-2-9-22/h3-6,13H,1-2,7-12H2,(H,21,24)/t13-/m0/s1. The summed E-state index contributed by atoms with van der Waals surface area (Å²) >= 11 is 0. The molecule has 138 valence electrons. The van der Waals surface area contributed by atoms with Gasteiger partial charge < -0.3 is 19.9 Å². The lowest BCUT2D eigenvalue weighted by atomic mass is 10.1. The fourth-order valence-electron chi connectivity index (χ4n) is 3.36. The van der Waals surface area contributed by atoms with Crippen LogP contribution in [0.15, 0.2) is 24.3 Å². The summed E-state index contributed by atoms with van der Waals surface area (Å²) < 4.78 is 40.4. The molecule has 0 bridgehead atoms. The Hall–Kier alpha value is -2.12. The monoisotopic (exact) mass is 357 g/mol. The summed E-state index contributed by atoms with van der Waals surface area (Å²) in [5, 5.41) is 2.99. The van der Waals surface area contributed by atoms with E-state index in [1.54, 1.807) is 12.1 Å². The summed E-state index contributed by atoms with van der Waals surface area (Å²) in [6.45, 7) is 3.88. The maximum Gasteiger partial charge on any atom is 0.573 e. The molecule has 1 aromatic carbocycles. The fourth-order valence-corrected chi connectivity index (χ4v) is 3.36. The van der Waals surface area contributed by atoms with Crippen LogP contribution >= 0.6 is 0 Å². The number of nitrogens with zero attached hydrogens (tertiary/aromatic N) is 2. The zero-order valence-corrected chi connectivity index (χ0v) is 13.9. The minimum atomic E-state index is -4.67. The van der Waals surface area contributed by atoms with Gasteiger partial charge in [0.05, 0.1) is 0 Å². The second-order valence-corrected chi connectivity index (χ2v) is 6.52. The minimum Gasteiger partial charge on any atom is -0.406 e. The number of ether oxygens (including phenoxy) is 1. The number of anilines is 1. The Labute approximate surface area is 144 Å². The molecule has 2 aliphatic heterocycles. The molecule has 2 amide bonds. The Morgan fingerprint density at radius 1 is 1.16 bits per heavy atom. The van der Waals surface area contributed by atoms with Crippen LogP contribution in [-0.4, -0.2) is 50.0 Å². The third-order valence-corrected chi connectivity index (χ3v) is 4.66. The molecule has 0 aliphatic carbocycles. The SMILES string of the molecule is O=C(NC[C@@H]1CCN(c2ccc(OC(F)(F)F)cc2)C1)N1CCCC1. The fraction of sp³-hybridized carbons (Fsp3) is 0.588. The highest BCUT2D eigenvalue weighted by molar-refractivity contribution is 5.74. The molecule has 1 N–H and O–H groups in total. The van der Waals surface area contributed by atoms with Crippen LogP contribution in [0.4, 0.5) is 23.7 Å². The van der Waals surface area contributed by atoms with E-state index >= 15 is 0 Å².